The van der Waals surface area contributed by atoms with Gasteiger partial charge in [0.25, 0.3) is 0 Å². The van der Waals surface area contributed by atoms with Crippen molar-refractivity contribution in [3.8, 4) is 0 Å². The Bertz CT molecular complexity index is 540. The lowest BCUT2D eigenvalue weighted by Gasteiger charge is -2.33. The molecule has 25 heavy (non-hydrogen) atoms. The average Bonchev–Trinajstić information content (AvgIpc) is 3.08. The van der Waals surface area contributed by atoms with E-state index < -0.39 is 0 Å². The Hall–Kier alpha value is -1.55. The van der Waals surface area contributed by atoms with Crippen LogP contribution in [-0.2, 0) is 6.54 Å². The minimum atomic E-state index is 0.455. The van der Waals surface area contributed by atoms with Crippen molar-refractivity contribution in [2.45, 2.75) is 58.0 Å². The molecule has 2 aliphatic rings. The van der Waals surface area contributed by atoms with E-state index in [-0.39, 0.29) is 0 Å². The number of likely N-dealkylation sites (tertiary alicyclic amines) is 1. The largest absolute Gasteiger partial charge is 0.356 e. The van der Waals surface area contributed by atoms with E-state index >= 15 is 0 Å². The van der Waals surface area contributed by atoms with Gasteiger partial charge in [0.05, 0.1) is 0 Å². The van der Waals surface area contributed by atoms with Crippen LogP contribution in [0.25, 0.3) is 0 Å². The van der Waals surface area contributed by atoms with Crippen LogP contribution in [0.3, 0.4) is 0 Å². The predicted molar refractivity (Wildman–Crippen MR) is 106 cm³/mol. The molecule has 1 aliphatic carbocycles. The third-order valence-corrected chi connectivity index (χ3v) is 5.89. The minimum Gasteiger partial charge on any atom is -0.356 e. The van der Waals surface area contributed by atoms with Gasteiger partial charge in [-0.25, -0.2) is 0 Å². The fourth-order valence-electron chi connectivity index (χ4n) is 4.17. The van der Waals surface area contributed by atoms with E-state index in [9.17, 15) is 0 Å². The van der Waals surface area contributed by atoms with E-state index in [2.05, 4.69) is 57.8 Å². The molecule has 0 amide bonds. The summed E-state index contributed by atoms with van der Waals surface area (Å²) < 4.78 is 0. The molecule has 3 rings (SSSR count). The van der Waals surface area contributed by atoms with E-state index in [0.29, 0.717) is 11.5 Å². The van der Waals surface area contributed by atoms with Crippen LogP contribution in [0.5, 0.6) is 0 Å². The summed E-state index contributed by atoms with van der Waals surface area (Å²) in [7, 11) is 1.89. The zero-order chi connectivity index (χ0) is 17.5. The quantitative estimate of drug-likeness (QED) is 0.636. The number of hydrogen-bond donors (Lipinski definition) is 2. The van der Waals surface area contributed by atoms with Gasteiger partial charge in [-0.1, -0.05) is 50.1 Å². The Balaban J connectivity index is 1.40. The standard InChI is InChI=1S/C21H34N4/c1-21(12-6-7-13-21)17-23-20(22-2)24-19-10-14-25(15-11-19)16-18-8-4-3-5-9-18/h3-5,8-9,19H,6-7,10-17H2,1-2H3,(H2,22,23,24). The van der Waals surface area contributed by atoms with Crippen LogP contribution >= 0.6 is 0 Å². The number of nitrogens with one attached hydrogen (secondary N) is 2. The molecule has 1 aliphatic heterocycles. The summed E-state index contributed by atoms with van der Waals surface area (Å²) in [6, 6.07) is 11.3. The lowest BCUT2D eigenvalue weighted by Crippen LogP contribution is -2.50. The van der Waals surface area contributed by atoms with Gasteiger partial charge < -0.3 is 10.6 Å². The fourth-order valence-corrected chi connectivity index (χ4v) is 4.17. The molecular formula is C21H34N4. The van der Waals surface area contributed by atoms with Gasteiger partial charge in [-0.2, -0.15) is 0 Å². The first-order valence-corrected chi connectivity index (χ1v) is 9.90. The summed E-state index contributed by atoms with van der Waals surface area (Å²) in [6.07, 6.45) is 7.81. The van der Waals surface area contributed by atoms with Crippen molar-refractivity contribution in [3.05, 3.63) is 35.9 Å². The third kappa shape index (κ3) is 5.46. The summed E-state index contributed by atoms with van der Waals surface area (Å²) in [5, 5.41) is 7.22. The molecule has 2 N–H and O–H groups in total. The number of aliphatic imine (C=N–C) groups is 1. The summed E-state index contributed by atoms with van der Waals surface area (Å²) in [5.74, 6) is 0.981. The maximum absolute atomic E-state index is 4.44. The Morgan fingerprint density at radius 3 is 2.48 bits per heavy atom. The van der Waals surface area contributed by atoms with Crippen molar-refractivity contribution in [2.75, 3.05) is 26.7 Å². The van der Waals surface area contributed by atoms with Crippen LogP contribution in [0, 0.1) is 5.41 Å². The van der Waals surface area contributed by atoms with Gasteiger partial charge in [-0.15, -0.1) is 0 Å². The van der Waals surface area contributed by atoms with Gasteiger partial charge in [0.1, 0.15) is 0 Å². The van der Waals surface area contributed by atoms with Crippen LogP contribution in [0.15, 0.2) is 35.3 Å². The molecule has 0 spiro atoms. The van der Waals surface area contributed by atoms with E-state index in [0.717, 1.165) is 32.1 Å². The van der Waals surface area contributed by atoms with Crippen LogP contribution in [0.2, 0.25) is 0 Å². The summed E-state index contributed by atoms with van der Waals surface area (Å²) >= 11 is 0. The average molecular weight is 343 g/mol. The molecule has 0 atom stereocenters. The molecule has 0 aromatic heterocycles. The second-order valence-electron chi connectivity index (χ2n) is 8.12. The molecule has 0 radical (unpaired) electrons. The maximum Gasteiger partial charge on any atom is 0.191 e. The molecule has 0 bridgehead atoms. The highest BCUT2D eigenvalue weighted by molar-refractivity contribution is 5.80. The number of benzene rings is 1. The molecule has 0 unspecified atom stereocenters. The van der Waals surface area contributed by atoms with Crippen molar-refractivity contribution >= 4 is 5.96 Å². The Kier molecular flexibility index (Phi) is 6.35. The number of piperidine rings is 1. The van der Waals surface area contributed by atoms with Crippen LogP contribution in [0.4, 0.5) is 0 Å². The van der Waals surface area contributed by atoms with E-state index in [1.54, 1.807) is 0 Å². The van der Waals surface area contributed by atoms with E-state index in [1.807, 2.05) is 7.05 Å². The van der Waals surface area contributed by atoms with Gasteiger partial charge in [-0.3, -0.25) is 9.89 Å². The van der Waals surface area contributed by atoms with Crippen molar-refractivity contribution in [1.82, 2.24) is 15.5 Å². The second-order valence-corrected chi connectivity index (χ2v) is 8.12. The first-order valence-electron chi connectivity index (χ1n) is 9.90. The zero-order valence-corrected chi connectivity index (χ0v) is 15.9. The monoisotopic (exact) mass is 342 g/mol. The normalized spacial score (nSPS) is 22.1. The predicted octanol–water partition coefficient (Wildman–Crippen LogP) is 3.40. The SMILES string of the molecule is CN=C(NCC1(C)CCCC1)NC1CCN(Cc2ccccc2)CC1. The smallest absolute Gasteiger partial charge is 0.191 e. The van der Waals surface area contributed by atoms with Gasteiger partial charge in [0.15, 0.2) is 5.96 Å². The molecule has 4 heteroatoms. The molecule has 4 nitrogen and oxygen atoms in total. The highest BCUT2D eigenvalue weighted by Crippen LogP contribution is 2.36. The van der Waals surface area contributed by atoms with Crippen molar-refractivity contribution < 1.29 is 0 Å². The topological polar surface area (TPSA) is 39.7 Å². The number of nitrogens with zero attached hydrogens (tertiary/aromatic N) is 2. The summed E-state index contributed by atoms with van der Waals surface area (Å²) in [5.41, 5.74) is 1.87. The number of guanidine groups is 1. The summed E-state index contributed by atoms with van der Waals surface area (Å²) in [6.45, 7) is 6.82. The van der Waals surface area contributed by atoms with Crippen molar-refractivity contribution in [3.63, 3.8) is 0 Å². The highest BCUT2D eigenvalue weighted by atomic mass is 15.2. The molecule has 1 heterocycles. The van der Waals surface area contributed by atoms with Crippen LogP contribution < -0.4 is 10.6 Å². The third-order valence-electron chi connectivity index (χ3n) is 5.89. The number of hydrogen-bond acceptors (Lipinski definition) is 2. The second kappa shape index (κ2) is 8.70. The lowest BCUT2D eigenvalue weighted by atomic mass is 9.89. The fraction of sp³-hybridized carbons (Fsp3) is 0.667. The Labute approximate surface area is 153 Å². The van der Waals surface area contributed by atoms with Crippen LogP contribution in [0.1, 0.15) is 51.0 Å². The highest BCUT2D eigenvalue weighted by Gasteiger charge is 2.29. The van der Waals surface area contributed by atoms with Crippen LogP contribution in [-0.4, -0.2) is 43.6 Å². The molecule has 1 aromatic rings. The lowest BCUT2D eigenvalue weighted by molar-refractivity contribution is 0.198. The minimum absolute atomic E-state index is 0.455. The van der Waals surface area contributed by atoms with E-state index in [4.69, 9.17) is 0 Å². The van der Waals surface area contributed by atoms with Gasteiger partial charge in [0.2, 0.25) is 0 Å². The molecule has 1 saturated heterocycles. The first kappa shape index (κ1) is 18.2. The summed E-state index contributed by atoms with van der Waals surface area (Å²) in [4.78, 5) is 7.00. The zero-order valence-electron chi connectivity index (χ0n) is 15.9. The van der Waals surface area contributed by atoms with Crippen molar-refractivity contribution in [1.29, 1.82) is 0 Å². The van der Waals surface area contributed by atoms with Gasteiger partial charge in [0, 0.05) is 39.3 Å². The molecular weight excluding hydrogens is 308 g/mol. The molecule has 138 valence electrons. The molecule has 2 fully saturated rings. The Morgan fingerprint density at radius 1 is 1.16 bits per heavy atom. The molecule has 1 aromatic carbocycles. The Morgan fingerprint density at radius 2 is 1.84 bits per heavy atom. The maximum atomic E-state index is 4.44. The van der Waals surface area contributed by atoms with Gasteiger partial charge >= 0.3 is 0 Å². The first-order chi connectivity index (χ1) is 12.2. The van der Waals surface area contributed by atoms with E-state index in [1.165, 1.54) is 44.1 Å². The van der Waals surface area contributed by atoms with Gasteiger partial charge in [-0.05, 0) is 36.7 Å². The number of rotatable bonds is 5. The van der Waals surface area contributed by atoms with Crippen molar-refractivity contribution in [2.24, 2.45) is 10.4 Å². The molecule has 1 saturated carbocycles.